The summed E-state index contributed by atoms with van der Waals surface area (Å²) in [4.78, 5) is 21.5. The van der Waals surface area contributed by atoms with Crippen LogP contribution in [0.3, 0.4) is 0 Å². The van der Waals surface area contributed by atoms with Crippen LogP contribution in [0.2, 0.25) is 0 Å². The van der Waals surface area contributed by atoms with E-state index in [1.807, 2.05) is 20.8 Å². The van der Waals surface area contributed by atoms with E-state index in [-0.39, 0.29) is 5.41 Å². The topological polar surface area (TPSA) is 66.4 Å². The van der Waals surface area contributed by atoms with Crippen LogP contribution in [-0.4, -0.2) is 23.5 Å². The molecule has 4 nitrogen and oxygen atoms in total. The maximum atomic E-state index is 10.9. The van der Waals surface area contributed by atoms with E-state index in [2.05, 4.69) is 5.32 Å². The third-order valence-electron chi connectivity index (χ3n) is 2.18. The minimum atomic E-state index is -1.10. The Morgan fingerprint density at radius 3 is 1.93 bits per heavy atom. The monoisotopic (exact) mass is 201 g/mol. The largest absolute Gasteiger partial charge is 0.465 e. The number of rotatable bonds is 3. The predicted octanol–water partition coefficient (Wildman–Crippen LogP) is 1.89. The number of hydrogen-bond acceptors (Lipinski definition) is 2. The van der Waals surface area contributed by atoms with Crippen LogP contribution in [0.15, 0.2) is 0 Å². The van der Waals surface area contributed by atoms with Gasteiger partial charge in [-0.1, -0.05) is 34.6 Å². The van der Waals surface area contributed by atoms with E-state index in [0.29, 0.717) is 0 Å². The van der Waals surface area contributed by atoms with Crippen LogP contribution in [0.5, 0.6) is 0 Å². The maximum Gasteiger partial charge on any atom is 0.404 e. The second-order valence-corrected chi connectivity index (χ2v) is 5.19. The van der Waals surface area contributed by atoms with Crippen molar-refractivity contribution >= 4 is 12.4 Å². The number of carbonyl (C=O) groups excluding carboxylic acids is 1. The molecule has 14 heavy (non-hydrogen) atoms. The van der Waals surface area contributed by atoms with Crippen molar-refractivity contribution in [2.75, 3.05) is 0 Å². The minimum absolute atomic E-state index is 0.289. The summed E-state index contributed by atoms with van der Waals surface area (Å²) >= 11 is 0. The summed E-state index contributed by atoms with van der Waals surface area (Å²) in [5, 5.41) is 11.1. The molecule has 0 radical (unpaired) electrons. The van der Waals surface area contributed by atoms with Crippen LogP contribution >= 0.6 is 0 Å². The molecular weight excluding hydrogens is 182 g/mol. The first-order chi connectivity index (χ1) is 6.11. The van der Waals surface area contributed by atoms with Gasteiger partial charge in [-0.05, 0) is 5.41 Å². The van der Waals surface area contributed by atoms with Crippen LogP contribution in [0.1, 0.15) is 34.6 Å². The Labute approximate surface area is 84.7 Å². The van der Waals surface area contributed by atoms with Crippen molar-refractivity contribution in [2.24, 2.45) is 10.8 Å². The fraction of sp³-hybridized carbons (Fsp3) is 0.800. The average molecular weight is 201 g/mol. The zero-order chi connectivity index (χ0) is 11.6. The van der Waals surface area contributed by atoms with Gasteiger partial charge in [0.15, 0.2) is 0 Å². The zero-order valence-electron chi connectivity index (χ0n) is 9.42. The van der Waals surface area contributed by atoms with Crippen molar-refractivity contribution in [1.82, 2.24) is 5.32 Å². The molecule has 2 N–H and O–H groups in total. The first-order valence-corrected chi connectivity index (χ1v) is 4.57. The molecule has 0 aliphatic rings. The molecule has 0 rings (SSSR count). The second kappa shape index (κ2) is 3.98. The van der Waals surface area contributed by atoms with Gasteiger partial charge >= 0.3 is 6.09 Å². The Hall–Kier alpha value is -1.06. The van der Waals surface area contributed by atoms with Gasteiger partial charge in [-0.15, -0.1) is 0 Å². The van der Waals surface area contributed by atoms with Crippen molar-refractivity contribution in [2.45, 2.75) is 40.7 Å². The smallest absolute Gasteiger partial charge is 0.404 e. The van der Waals surface area contributed by atoms with E-state index < -0.39 is 17.6 Å². The van der Waals surface area contributed by atoms with Crippen molar-refractivity contribution < 1.29 is 14.7 Å². The Morgan fingerprint density at radius 2 is 1.71 bits per heavy atom. The molecule has 0 spiro atoms. The summed E-state index contributed by atoms with van der Waals surface area (Å²) in [6, 6.07) is -0.398. The summed E-state index contributed by atoms with van der Waals surface area (Å²) in [5.74, 6) is 0. The molecule has 1 atom stereocenters. The Balaban J connectivity index is 4.91. The lowest BCUT2D eigenvalue weighted by molar-refractivity contribution is -0.117. The number of carboxylic acid groups (broad SMARTS) is 1. The van der Waals surface area contributed by atoms with Crippen molar-refractivity contribution in [3.63, 3.8) is 0 Å². The van der Waals surface area contributed by atoms with Gasteiger partial charge in [0.05, 0.1) is 0 Å². The van der Waals surface area contributed by atoms with E-state index in [0.717, 1.165) is 6.29 Å². The lowest BCUT2D eigenvalue weighted by atomic mass is 9.72. The molecule has 1 amide bonds. The molecule has 0 aromatic rings. The normalized spacial score (nSPS) is 14.6. The summed E-state index contributed by atoms with van der Waals surface area (Å²) < 4.78 is 0. The van der Waals surface area contributed by atoms with Crippen molar-refractivity contribution in [1.29, 1.82) is 0 Å². The quantitative estimate of drug-likeness (QED) is 0.685. The highest BCUT2D eigenvalue weighted by molar-refractivity contribution is 5.67. The summed E-state index contributed by atoms with van der Waals surface area (Å²) in [6.45, 7) is 9.16. The number of nitrogens with one attached hydrogen (secondary N) is 1. The predicted molar refractivity (Wildman–Crippen MR) is 54.2 cm³/mol. The lowest BCUT2D eigenvalue weighted by Gasteiger charge is -2.39. The first-order valence-electron chi connectivity index (χ1n) is 4.57. The van der Waals surface area contributed by atoms with Gasteiger partial charge in [-0.25, -0.2) is 4.79 Å². The summed E-state index contributed by atoms with van der Waals surface area (Å²) in [5.41, 5.74) is -0.987. The van der Waals surface area contributed by atoms with E-state index in [4.69, 9.17) is 5.11 Å². The fourth-order valence-corrected chi connectivity index (χ4v) is 1.71. The lowest BCUT2D eigenvalue weighted by Crippen LogP contribution is -2.52. The average Bonchev–Trinajstić information content (AvgIpc) is 1.98. The highest BCUT2D eigenvalue weighted by Crippen LogP contribution is 2.32. The maximum absolute atomic E-state index is 10.9. The molecule has 0 aromatic heterocycles. The fourth-order valence-electron chi connectivity index (χ4n) is 1.71. The molecule has 4 heteroatoms. The molecule has 0 bridgehead atoms. The van der Waals surface area contributed by atoms with E-state index >= 15 is 0 Å². The molecular formula is C10H19NO3. The Kier molecular flexibility index (Phi) is 3.68. The van der Waals surface area contributed by atoms with Crippen molar-refractivity contribution in [3.05, 3.63) is 0 Å². The SMILES string of the molecule is CC(C)(C)C(NC(=O)O)C(C)(C)C=O. The van der Waals surface area contributed by atoms with Gasteiger partial charge in [-0.2, -0.15) is 0 Å². The van der Waals surface area contributed by atoms with Crippen molar-refractivity contribution in [3.8, 4) is 0 Å². The highest BCUT2D eigenvalue weighted by atomic mass is 16.4. The summed E-state index contributed by atoms with van der Waals surface area (Å²) in [7, 11) is 0. The number of hydrogen-bond donors (Lipinski definition) is 2. The molecule has 0 aliphatic heterocycles. The van der Waals surface area contributed by atoms with Gasteiger partial charge in [0.1, 0.15) is 6.29 Å². The Morgan fingerprint density at radius 1 is 1.29 bits per heavy atom. The highest BCUT2D eigenvalue weighted by Gasteiger charge is 2.39. The van der Waals surface area contributed by atoms with E-state index in [1.54, 1.807) is 13.8 Å². The molecule has 0 fully saturated rings. The van der Waals surface area contributed by atoms with E-state index in [9.17, 15) is 9.59 Å². The van der Waals surface area contributed by atoms with Gasteiger partial charge in [0.25, 0.3) is 0 Å². The number of carbonyl (C=O) groups is 2. The van der Waals surface area contributed by atoms with Crippen LogP contribution in [-0.2, 0) is 4.79 Å². The van der Waals surface area contributed by atoms with Crippen LogP contribution < -0.4 is 5.32 Å². The van der Waals surface area contributed by atoms with Crippen LogP contribution in [0.4, 0.5) is 4.79 Å². The third-order valence-corrected chi connectivity index (χ3v) is 2.18. The third kappa shape index (κ3) is 3.36. The summed E-state index contributed by atoms with van der Waals surface area (Å²) in [6.07, 6.45) is -0.307. The molecule has 0 saturated carbocycles. The van der Waals surface area contributed by atoms with Gasteiger partial charge in [0, 0.05) is 11.5 Å². The minimum Gasteiger partial charge on any atom is -0.465 e. The van der Waals surface area contributed by atoms with Crippen LogP contribution in [0, 0.1) is 10.8 Å². The molecule has 82 valence electrons. The number of amides is 1. The molecule has 0 aliphatic carbocycles. The standard InChI is InChI=1S/C10H19NO3/c1-9(2,3)7(11-8(13)14)10(4,5)6-12/h6-7,11H,1-5H3,(H,13,14). The molecule has 1 unspecified atom stereocenters. The van der Waals surface area contributed by atoms with Gasteiger partial charge < -0.3 is 15.2 Å². The molecule has 0 heterocycles. The second-order valence-electron chi connectivity index (χ2n) is 5.19. The zero-order valence-corrected chi connectivity index (χ0v) is 9.42. The van der Waals surface area contributed by atoms with Gasteiger partial charge in [-0.3, -0.25) is 0 Å². The number of aldehydes is 1. The van der Waals surface area contributed by atoms with Crippen LogP contribution in [0.25, 0.3) is 0 Å². The molecule has 0 saturated heterocycles. The van der Waals surface area contributed by atoms with Gasteiger partial charge in [0.2, 0.25) is 0 Å². The Bertz CT molecular complexity index is 228. The van der Waals surface area contributed by atoms with E-state index in [1.165, 1.54) is 0 Å². The molecule has 0 aromatic carbocycles. The first kappa shape index (κ1) is 12.9.